The predicted octanol–water partition coefficient (Wildman–Crippen LogP) is 0.707. The van der Waals surface area contributed by atoms with Gasteiger partial charge in [0.1, 0.15) is 0 Å². The van der Waals surface area contributed by atoms with Crippen LogP contribution in [0.2, 0.25) is 0 Å². The number of aryl methyl sites for hydroxylation is 2. The first-order valence-corrected chi connectivity index (χ1v) is 6.02. The van der Waals surface area contributed by atoms with Crippen molar-refractivity contribution in [2.75, 3.05) is 0 Å². The first kappa shape index (κ1) is 11.8. The minimum atomic E-state index is -0.380. The summed E-state index contributed by atoms with van der Waals surface area (Å²) in [7, 11) is 0. The molecule has 2 aromatic heterocycles. The summed E-state index contributed by atoms with van der Waals surface area (Å²) in [5.74, 6) is 0.163. The van der Waals surface area contributed by atoms with Crippen molar-refractivity contribution in [2.45, 2.75) is 31.2 Å². The highest BCUT2D eigenvalue weighted by Crippen LogP contribution is 2.20. The van der Waals surface area contributed by atoms with Crippen LogP contribution in [0.25, 0.3) is 5.78 Å². The molecule has 2 heterocycles. The summed E-state index contributed by atoms with van der Waals surface area (Å²) >= 11 is 1.23. The zero-order chi connectivity index (χ0) is 12.6. The van der Waals surface area contributed by atoms with Crippen LogP contribution in [0.5, 0.6) is 0 Å². The number of amides is 1. The van der Waals surface area contributed by atoms with Crippen molar-refractivity contribution < 1.29 is 4.79 Å². The van der Waals surface area contributed by atoms with Crippen LogP contribution in [0.3, 0.4) is 0 Å². The lowest BCUT2D eigenvalue weighted by atomic mass is 10.4. The van der Waals surface area contributed by atoms with E-state index < -0.39 is 0 Å². The summed E-state index contributed by atoms with van der Waals surface area (Å²) in [4.78, 5) is 19.5. The van der Waals surface area contributed by atoms with Gasteiger partial charge in [0.25, 0.3) is 5.78 Å². The highest BCUT2D eigenvalue weighted by atomic mass is 32.2. The Hall–Kier alpha value is -1.63. The van der Waals surface area contributed by atoms with Gasteiger partial charge in [0.2, 0.25) is 11.1 Å². The summed E-state index contributed by atoms with van der Waals surface area (Å²) in [6.07, 6.45) is 0. The van der Waals surface area contributed by atoms with Gasteiger partial charge in [0, 0.05) is 11.4 Å². The van der Waals surface area contributed by atoms with E-state index in [1.807, 2.05) is 19.9 Å². The van der Waals surface area contributed by atoms with E-state index in [2.05, 4.69) is 15.1 Å². The third kappa shape index (κ3) is 2.38. The van der Waals surface area contributed by atoms with Gasteiger partial charge in [-0.15, -0.1) is 5.10 Å². The molecule has 6 nitrogen and oxygen atoms in total. The average molecular weight is 251 g/mol. The van der Waals surface area contributed by atoms with Gasteiger partial charge < -0.3 is 5.73 Å². The topological polar surface area (TPSA) is 86.2 Å². The first-order chi connectivity index (χ1) is 7.97. The number of hydrogen-bond donors (Lipinski definition) is 1. The van der Waals surface area contributed by atoms with Crippen molar-refractivity contribution in [1.29, 1.82) is 0 Å². The molecule has 90 valence electrons. The third-order valence-electron chi connectivity index (χ3n) is 2.28. The average Bonchev–Trinajstić information content (AvgIpc) is 2.60. The van der Waals surface area contributed by atoms with Crippen molar-refractivity contribution in [1.82, 2.24) is 19.6 Å². The van der Waals surface area contributed by atoms with Gasteiger partial charge in [-0.2, -0.15) is 4.98 Å². The van der Waals surface area contributed by atoms with E-state index in [-0.39, 0.29) is 11.2 Å². The molecule has 2 rings (SSSR count). The van der Waals surface area contributed by atoms with Crippen LogP contribution < -0.4 is 5.73 Å². The van der Waals surface area contributed by atoms with E-state index in [0.717, 1.165) is 11.4 Å². The molecule has 0 aromatic carbocycles. The number of thioether (sulfide) groups is 1. The molecular weight excluding hydrogens is 238 g/mol. The van der Waals surface area contributed by atoms with Crippen molar-refractivity contribution in [3.63, 3.8) is 0 Å². The second kappa shape index (κ2) is 4.33. The van der Waals surface area contributed by atoms with Gasteiger partial charge >= 0.3 is 0 Å². The molecule has 0 fully saturated rings. The maximum atomic E-state index is 11.0. The summed E-state index contributed by atoms with van der Waals surface area (Å²) in [6.45, 7) is 5.56. The minimum absolute atomic E-state index is 0.353. The number of primary amides is 1. The molecule has 0 aliphatic rings. The summed E-state index contributed by atoms with van der Waals surface area (Å²) < 4.78 is 1.66. The van der Waals surface area contributed by atoms with E-state index >= 15 is 0 Å². The predicted molar refractivity (Wildman–Crippen MR) is 64.8 cm³/mol. The number of carbonyl (C=O) groups excluding carboxylic acids is 1. The molecule has 1 atom stereocenters. The van der Waals surface area contributed by atoms with Crippen LogP contribution in [0.1, 0.15) is 18.3 Å². The molecule has 0 radical (unpaired) electrons. The fourth-order valence-corrected chi connectivity index (χ4v) is 2.11. The van der Waals surface area contributed by atoms with Crippen molar-refractivity contribution in [3.05, 3.63) is 17.5 Å². The molecule has 0 saturated carbocycles. The van der Waals surface area contributed by atoms with Crippen molar-refractivity contribution in [2.24, 2.45) is 5.73 Å². The van der Waals surface area contributed by atoms with Crippen molar-refractivity contribution >= 4 is 23.4 Å². The normalized spacial score (nSPS) is 12.9. The molecule has 1 amide bonds. The van der Waals surface area contributed by atoms with Gasteiger partial charge in [-0.1, -0.05) is 11.8 Å². The number of nitrogens with zero attached hydrogens (tertiary/aromatic N) is 4. The Labute approximate surface area is 103 Å². The SMILES string of the molecule is Cc1cc(C)n2nc(SC(C)C(N)=O)nc2n1. The molecule has 17 heavy (non-hydrogen) atoms. The van der Waals surface area contributed by atoms with Gasteiger partial charge in [-0.05, 0) is 26.8 Å². The first-order valence-electron chi connectivity index (χ1n) is 5.14. The van der Waals surface area contributed by atoms with Crippen LogP contribution >= 0.6 is 11.8 Å². The highest BCUT2D eigenvalue weighted by molar-refractivity contribution is 8.00. The fraction of sp³-hybridized carbons (Fsp3) is 0.400. The molecule has 1 unspecified atom stereocenters. The lowest BCUT2D eigenvalue weighted by Gasteiger charge is -2.01. The Morgan fingerprint density at radius 1 is 1.47 bits per heavy atom. The largest absolute Gasteiger partial charge is 0.369 e. The smallest absolute Gasteiger partial charge is 0.253 e. The quantitative estimate of drug-likeness (QED) is 0.812. The number of carbonyl (C=O) groups is 1. The summed E-state index contributed by atoms with van der Waals surface area (Å²) in [5, 5.41) is 4.43. The summed E-state index contributed by atoms with van der Waals surface area (Å²) in [5.41, 5.74) is 7.04. The lowest BCUT2D eigenvalue weighted by Crippen LogP contribution is -2.22. The number of fused-ring (bicyclic) bond motifs is 1. The monoisotopic (exact) mass is 251 g/mol. The molecule has 2 N–H and O–H groups in total. The lowest BCUT2D eigenvalue weighted by molar-refractivity contribution is -0.117. The maximum absolute atomic E-state index is 11.0. The zero-order valence-electron chi connectivity index (χ0n) is 9.84. The molecule has 2 aromatic rings. The summed E-state index contributed by atoms with van der Waals surface area (Å²) in [6, 6.07) is 1.92. The second-order valence-electron chi connectivity index (χ2n) is 3.81. The van der Waals surface area contributed by atoms with Crippen LogP contribution in [-0.4, -0.2) is 30.7 Å². The Morgan fingerprint density at radius 2 is 2.18 bits per heavy atom. The second-order valence-corrected chi connectivity index (χ2v) is 5.12. The van der Waals surface area contributed by atoms with E-state index in [4.69, 9.17) is 5.73 Å². The van der Waals surface area contributed by atoms with Gasteiger partial charge in [-0.3, -0.25) is 4.79 Å². The van der Waals surface area contributed by atoms with Crippen LogP contribution in [0.15, 0.2) is 11.2 Å². The molecular formula is C10H13N5OS. The Morgan fingerprint density at radius 3 is 2.82 bits per heavy atom. The van der Waals surface area contributed by atoms with Gasteiger partial charge in [-0.25, -0.2) is 9.50 Å². The van der Waals surface area contributed by atoms with E-state index in [1.165, 1.54) is 11.8 Å². The van der Waals surface area contributed by atoms with Gasteiger partial charge in [0.05, 0.1) is 5.25 Å². The Bertz CT molecular complexity index is 579. The fourth-order valence-electron chi connectivity index (χ4n) is 1.41. The van der Waals surface area contributed by atoms with Crippen LogP contribution in [-0.2, 0) is 4.79 Å². The van der Waals surface area contributed by atoms with Crippen LogP contribution in [0, 0.1) is 13.8 Å². The van der Waals surface area contributed by atoms with E-state index in [1.54, 1.807) is 11.4 Å². The Kier molecular flexibility index (Phi) is 3.01. The maximum Gasteiger partial charge on any atom is 0.253 e. The van der Waals surface area contributed by atoms with Gasteiger partial charge in [0.15, 0.2) is 0 Å². The van der Waals surface area contributed by atoms with Crippen molar-refractivity contribution in [3.8, 4) is 0 Å². The molecule has 0 spiro atoms. The number of aromatic nitrogens is 4. The van der Waals surface area contributed by atoms with Crippen LogP contribution in [0.4, 0.5) is 0 Å². The standard InChI is InChI=1S/C10H13N5OS/c1-5-4-6(2)15-9(12-5)13-10(14-15)17-7(3)8(11)16/h4,7H,1-3H3,(H2,11,16). The van der Waals surface area contributed by atoms with E-state index in [0.29, 0.717) is 10.9 Å². The molecule has 7 heteroatoms. The number of nitrogens with two attached hydrogens (primary N) is 1. The molecule has 0 aliphatic carbocycles. The highest BCUT2D eigenvalue weighted by Gasteiger charge is 2.15. The number of rotatable bonds is 3. The molecule has 0 aliphatic heterocycles. The molecule has 0 bridgehead atoms. The molecule has 0 saturated heterocycles. The third-order valence-corrected chi connectivity index (χ3v) is 3.25. The minimum Gasteiger partial charge on any atom is -0.369 e. The number of hydrogen-bond acceptors (Lipinski definition) is 5. The zero-order valence-corrected chi connectivity index (χ0v) is 10.7. The Balaban J connectivity index is 2.38. The van der Waals surface area contributed by atoms with E-state index in [9.17, 15) is 4.79 Å².